The van der Waals surface area contributed by atoms with Gasteiger partial charge < -0.3 is 4.74 Å². The average molecular weight is 374 g/mol. The van der Waals surface area contributed by atoms with E-state index in [1.807, 2.05) is 58.0 Å². The zero-order valence-corrected chi connectivity index (χ0v) is 17.0. The lowest BCUT2D eigenvalue weighted by Crippen LogP contribution is -2.28. The molecule has 0 unspecified atom stereocenters. The molecule has 0 aromatic heterocycles. The summed E-state index contributed by atoms with van der Waals surface area (Å²) in [5, 5.41) is 0. The van der Waals surface area contributed by atoms with Crippen LogP contribution in [0.15, 0.2) is 47.9 Å². The van der Waals surface area contributed by atoms with E-state index in [1.54, 1.807) is 13.1 Å². The molecule has 26 heavy (non-hydrogen) atoms. The Labute approximate surface area is 157 Å². The van der Waals surface area contributed by atoms with Crippen molar-refractivity contribution in [2.24, 2.45) is 0 Å². The van der Waals surface area contributed by atoms with Gasteiger partial charge in [0.25, 0.3) is 0 Å². The monoisotopic (exact) mass is 373 g/mol. The van der Waals surface area contributed by atoms with E-state index in [0.29, 0.717) is 18.0 Å². The van der Waals surface area contributed by atoms with Crippen molar-refractivity contribution in [2.75, 3.05) is 13.7 Å². The van der Waals surface area contributed by atoms with Gasteiger partial charge in [0.15, 0.2) is 0 Å². The summed E-state index contributed by atoms with van der Waals surface area (Å²) in [6, 6.07) is 9.47. The van der Waals surface area contributed by atoms with Crippen LogP contribution in [0.5, 0.6) is 5.75 Å². The first kappa shape index (κ1) is 20.2. The maximum atomic E-state index is 13.2. The van der Waals surface area contributed by atoms with Crippen LogP contribution in [0.4, 0.5) is 0 Å². The van der Waals surface area contributed by atoms with Gasteiger partial charge in [0.2, 0.25) is 10.0 Å². The van der Waals surface area contributed by atoms with Gasteiger partial charge in [-0.1, -0.05) is 30.9 Å². The van der Waals surface area contributed by atoms with Crippen LogP contribution in [-0.4, -0.2) is 26.4 Å². The predicted octanol–water partition coefficient (Wildman–Crippen LogP) is 4.31. The van der Waals surface area contributed by atoms with E-state index in [0.717, 1.165) is 33.6 Å². The second-order valence-electron chi connectivity index (χ2n) is 6.59. The maximum absolute atomic E-state index is 13.2. The Bertz CT molecular complexity index is 874. The Morgan fingerprint density at radius 3 is 2.08 bits per heavy atom. The number of ether oxygens (including phenoxy) is 1. The molecule has 2 rings (SSSR count). The third-order valence-electron chi connectivity index (χ3n) is 4.66. The lowest BCUT2D eigenvalue weighted by Gasteiger charge is -2.22. The normalized spacial score (nSPS) is 11.6. The largest absolute Gasteiger partial charge is 0.490 e. The second kappa shape index (κ2) is 8.06. The first-order chi connectivity index (χ1) is 12.2. The van der Waals surface area contributed by atoms with E-state index in [9.17, 15) is 8.42 Å². The standard InChI is InChI=1S/C21H27NO3S/c1-7-12-25-20-10-8-19(9-11-20)14-22(6)26(23,24)21-17(4)15(2)13-16(3)18(21)5/h7-11,13H,1,12,14H2,2-6H3. The predicted molar refractivity (Wildman–Crippen MR) is 106 cm³/mol. The first-order valence-electron chi connectivity index (χ1n) is 8.55. The third-order valence-corrected chi connectivity index (χ3v) is 6.74. The quantitative estimate of drug-likeness (QED) is 0.680. The number of hydrogen-bond donors (Lipinski definition) is 0. The fourth-order valence-electron chi connectivity index (χ4n) is 2.91. The molecule has 140 valence electrons. The zero-order chi connectivity index (χ0) is 19.5. The summed E-state index contributed by atoms with van der Waals surface area (Å²) < 4.78 is 33.2. The van der Waals surface area contributed by atoms with Crippen molar-refractivity contribution in [2.45, 2.75) is 39.1 Å². The van der Waals surface area contributed by atoms with Crippen molar-refractivity contribution in [1.29, 1.82) is 0 Å². The molecule has 0 fully saturated rings. The topological polar surface area (TPSA) is 46.6 Å². The van der Waals surface area contributed by atoms with Crippen molar-refractivity contribution in [3.05, 3.63) is 70.8 Å². The van der Waals surface area contributed by atoms with Crippen LogP contribution in [0.1, 0.15) is 27.8 Å². The molecular formula is C21H27NO3S. The fourth-order valence-corrected chi connectivity index (χ4v) is 4.64. The summed E-state index contributed by atoms with van der Waals surface area (Å²) in [5.74, 6) is 0.736. The summed E-state index contributed by atoms with van der Waals surface area (Å²) in [7, 11) is -1.96. The molecule has 0 radical (unpaired) electrons. The summed E-state index contributed by atoms with van der Waals surface area (Å²) in [6.07, 6.45) is 1.68. The minimum absolute atomic E-state index is 0.302. The van der Waals surface area contributed by atoms with Gasteiger partial charge in [0, 0.05) is 13.6 Å². The van der Waals surface area contributed by atoms with Gasteiger partial charge in [0.1, 0.15) is 12.4 Å². The first-order valence-corrected chi connectivity index (χ1v) is 9.99. The number of nitrogens with zero attached hydrogens (tertiary/aromatic N) is 1. The molecule has 0 saturated heterocycles. The highest BCUT2D eigenvalue weighted by atomic mass is 32.2. The highest BCUT2D eigenvalue weighted by Gasteiger charge is 2.26. The van der Waals surface area contributed by atoms with Gasteiger partial charge in [0.05, 0.1) is 4.90 Å². The molecule has 2 aromatic rings. The van der Waals surface area contributed by atoms with E-state index < -0.39 is 10.0 Å². The average Bonchev–Trinajstić information content (AvgIpc) is 2.59. The van der Waals surface area contributed by atoms with Crippen molar-refractivity contribution in [3.63, 3.8) is 0 Å². The van der Waals surface area contributed by atoms with Crippen LogP contribution in [0, 0.1) is 27.7 Å². The molecule has 0 heterocycles. The lowest BCUT2D eigenvalue weighted by atomic mass is 10.0. The van der Waals surface area contributed by atoms with Crippen molar-refractivity contribution in [1.82, 2.24) is 4.31 Å². The fraction of sp³-hybridized carbons (Fsp3) is 0.333. The molecule has 0 saturated carbocycles. The maximum Gasteiger partial charge on any atom is 0.243 e. The van der Waals surface area contributed by atoms with E-state index in [1.165, 1.54) is 4.31 Å². The number of sulfonamides is 1. The van der Waals surface area contributed by atoms with Crippen molar-refractivity contribution >= 4 is 10.0 Å². The molecule has 0 amide bonds. The molecule has 0 bridgehead atoms. The van der Waals surface area contributed by atoms with Crippen LogP contribution in [0.3, 0.4) is 0 Å². The van der Waals surface area contributed by atoms with E-state index in [2.05, 4.69) is 6.58 Å². The van der Waals surface area contributed by atoms with Gasteiger partial charge >= 0.3 is 0 Å². The number of benzene rings is 2. The minimum Gasteiger partial charge on any atom is -0.490 e. The van der Waals surface area contributed by atoms with Gasteiger partial charge in [-0.2, -0.15) is 4.31 Å². The number of aryl methyl sites for hydroxylation is 2. The Morgan fingerprint density at radius 1 is 1.04 bits per heavy atom. The Morgan fingerprint density at radius 2 is 1.58 bits per heavy atom. The van der Waals surface area contributed by atoms with Crippen LogP contribution in [-0.2, 0) is 16.6 Å². The van der Waals surface area contributed by atoms with Gasteiger partial charge in [-0.3, -0.25) is 0 Å². The van der Waals surface area contributed by atoms with Gasteiger partial charge in [-0.05, 0) is 67.6 Å². The summed E-state index contributed by atoms with van der Waals surface area (Å²) in [5.41, 5.74) is 4.51. The van der Waals surface area contributed by atoms with E-state index in [-0.39, 0.29) is 0 Å². The van der Waals surface area contributed by atoms with Gasteiger partial charge in [-0.15, -0.1) is 0 Å². The summed E-state index contributed by atoms with van der Waals surface area (Å²) >= 11 is 0. The van der Waals surface area contributed by atoms with E-state index in [4.69, 9.17) is 4.74 Å². The van der Waals surface area contributed by atoms with Crippen LogP contribution >= 0.6 is 0 Å². The highest BCUT2D eigenvalue weighted by Crippen LogP contribution is 2.29. The number of rotatable bonds is 7. The summed E-state index contributed by atoms with van der Waals surface area (Å²) in [6.45, 7) is 12.0. The van der Waals surface area contributed by atoms with Crippen LogP contribution < -0.4 is 4.74 Å². The third kappa shape index (κ3) is 4.17. The molecule has 2 aromatic carbocycles. The zero-order valence-electron chi connectivity index (χ0n) is 16.2. The Hall–Kier alpha value is -2.11. The van der Waals surface area contributed by atoms with Crippen LogP contribution in [0.25, 0.3) is 0 Å². The molecule has 0 aliphatic heterocycles. The van der Waals surface area contributed by atoms with Crippen LogP contribution in [0.2, 0.25) is 0 Å². The Balaban J connectivity index is 2.29. The molecule has 0 spiro atoms. The Kier molecular flexibility index (Phi) is 6.26. The minimum atomic E-state index is -3.58. The number of hydrogen-bond acceptors (Lipinski definition) is 3. The molecular weight excluding hydrogens is 346 g/mol. The second-order valence-corrected chi connectivity index (χ2v) is 8.58. The molecule has 4 nitrogen and oxygen atoms in total. The van der Waals surface area contributed by atoms with Crippen molar-refractivity contribution in [3.8, 4) is 5.75 Å². The molecule has 0 aliphatic rings. The SMILES string of the molecule is C=CCOc1ccc(CN(C)S(=O)(=O)c2c(C)c(C)cc(C)c2C)cc1. The van der Waals surface area contributed by atoms with Crippen molar-refractivity contribution < 1.29 is 13.2 Å². The molecule has 0 atom stereocenters. The molecule has 0 aliphatic carbocycles. The van der Waals surface area contributed by atoms with E-state index >= 15 is 0 Å². The van der Waals surface area contributed by atoms with Gasteiger partial charge in [-0.25, -0.2) is 8.42 Å². The lowest BCUT2D eigenvalue weighted by molar-refractivity contribution is 0.363. The smallest absolute Gasteiger partial charge is 0.243 e. The molecule has 5 heteroatoms. The summed E-state index contributed by atoms with van der Waals surface area (Å²) in [4.78, 5) is 0.420. The molecule has 0 N–H and O–H groups in total. The highest BCUT2D eigenvalue weighted by molar-refractivity contribution is 7.89.